The van der Waals surface area contributed by atoms with Gasteiger partial charge in [0.15, 0.2) is 0 Å². The molecule has 96 valence electrons. The minimum absolute atomic E-state index is 0.132. The van der Waals surface area contributed by atoms with Gasteiger partial charge in [0.25, 0.3) is 0 Å². The minimum Gasteiger partial charge on any atom is -0.375 e. The molecule has 1 aromatic carbocycles. The van der Waals surface area contributed by atoms with Gasteiger partial charge in [-0.15, -0.1) is 0 Å². The summed E-state index contributed by atoms with van der Waals surface area (Å²) in [6.45, 7) is -0.350. The summed E-state index contributed by atoms with van der Waals surface area (Å²) in [6.07, 6.45) is -4.65. The Balaban J connectivity index is 3.12. The Morgan fingerprint density at radius 1 is 1.50 bits per heavy atom. The van der Waals surface area contributed by atoms with Gasteiger partial charge in [0.2, 0.25) is 5.91 Å². The Kier molecular flexibility index (Phi) is 4.28. The highest BCUT2D eigenvalue weighted by atomic mass is 19.4. The molecule has 1 aromatic rings. The standard InChI is InChI=1S/C11H9F3N2O2/c1-18-6-10(17)16-9-3-2-7(5-15)4-8(9)11(12,13)14/h2-4H,6H2,1H3,(H,16,17). The lowest BCUT2D eigenvalue weighted by molar-refractivity contribution is -0.137. The van der Waals surface area contributed by atoms with E-state index < -0.39 is 23.3 Å². The van der Waals surface area contributed by atoms with E-state index in [2.05, 4.69) is 10.1 Å². The molecule has 18 heavy (non-hydrogen) atoms. The van der Waals surface area contributed by atoms with Crippen LogP contribution in [0.15, 0.2) is 18.2 Å². The van der Waals surface area contributed by atoms with Gasteiger partial charge in [0, 0.05) is 7.11 Å². The van der Waals surface area contributed by atoms with Gasteiger partial charge in [-0.2, -0.15) is 18.4 Å². The summed E-state index contributed by atoms with van der Waals surface area (Å²) in [7, 11) is 1.25. The number of nitrogens with zero attached hydrogens (tertiary/aromatic N) is 1. The number of benzene rings is 1. The van der Waals surface area contributed by atoms with Gasteiger partial charge in [-0.1, -0.05) is 0 Å². The molecule has 1 amide bonds. The second kappa shape index (κ2) is 5.51. The third-order valence-electron chi connectivity index (χ3n) is 2.00. The molecule has 4 nitrogen and oxygen atoms in total. The van der Waals surface area contributed by atoms with Crippen molar-refractivity contribution in [1.29, 1.82) is 5.26 Å². The second-order valence-electron chi connectivity index (χ2n) is 3.35. The average Bonchev–Trinajstić information content (AvgIpc) is 2.28. The van der Waals surface area contributed by atoms with Gasteiger partial charge in [0.1, 0.15) is 6.61 Å². The van der Waals surface area contributed by atoms with Crippen molar-refractivity contribution in [3.63, 3.8) is 0 Å². The Morgan fingerprint density at radius 2 is 2.17 bits per heavy atom. The number of anilines is 1. The van der Waals surface area contributed by atoms with Gasteiger partial charge in [-0.3, -0.25) is 4.79 Å². The van der Waals surface area contributed by atoms with Crippen LogP contribution >= 0.6 is 0 Å². The number of halogens is 3. The van der Waals surface area contributed by atoms with Gasteiger partial charge in [0.05, 0.1) is 22.9 Å². The smallest absolute Gasteiger partial charge is 0.375 e. The maximum Gasteiger partial charge on any atom is 0.418 e. The van der Waals surface area contributed by atoms with E-state index in [9.17, 15) is 18.0 Å². The molecule has 0 spiro atoms. The zero-order chi connectivity index (χ0) is 13.8. The number of nitrogens with one attached hydrogen (secondary N) is 1. The van der Waals surface area contributed by atoms with E-state index in [1.54, 1.807) is 6.07 Å². The van der Waals surface area contributed by atoms with Crippen LogP contribution in [0.25, 0.3) is 0 Å². The van der Waals surface area contributed by atoms with Crippen molar-refractivity contribution in [3.05, 3.63) is 29.3 Å². The summed E-state index contributed by atoms with van der Waals surface area (Å²) in [6, 6.07) is 4.52. The summed E-state index contributed by atoms with van der Waals surface area (Å²) in [5.41, 5.74) is -1.60. The highest BCUT2D eigenvalue weighted by Crippen LogP contribution is 2.35. The maximum atomic E-state index is 12.7. The van der Waals surface area contributed by atoms with Crippen molar-refractivity contribution in [1.82, 2.24) is 0 Å². The highest BCUT2D eigenvalue weighted by molar-refractivity contribution is 5.92. The third-order valence-corrected chi connectivity index (χ3v) is 2.00. The first-order chi connectivity index (χ1) is 8.38. The quantitative estimate of drug-likeness (QED) is 0.903. The lowest BCUT2D eigenvalue weighted by Gasteiger charge is -2.13. The molecule has 0 bridgehead atoms. The number of hydrogen-bond donors (Lipinski definition) is 1. The summed E-state index contributed by atoms with van der Waals surface area (Å²) < 4.78 is 42.6. The zero-order valence-corrected chi connectivity index (χ0v) is 9.34. The van der Waals surface area contributed by atoms with Crippen molar-refractivity contribution in [2.45, 2.75) is 6.18 Å². The molecule has 0 aliphatic carbocycles. The van der Waals surface area contributed by atoms with Crippen LogP contribution in [0.2, 0.25) is 0 Å². The Bertz CT molecular complexity index is 492. The van der Waals surface area contributed by atoms with Gasteiger partial charge < -0.3 is 10.1 Å². The van der Waals surface area contributed by atoms with Gasteiger partial charge in [-0.05, 0) is 18.2 Å². The SMILES string of the molecule is COCC(=O)Nc1ccc(C#N)cc1C(F)(F)F. The van der Waals surface area contributed by atoms with Crippen LogP contribution in [0.3, 0.4) is 0 Å². The van der Waals surface area contributed by atoms with Crippen molar-refractivity contribution in [2.24, 2.45) is 0 Å². The molecule has 7 heteroatoms. The molecule has 0 heterocycles. The van der Waals surface area contributed by atoms with Crippen molar-refractivity contribution < 1.29 is 22.7 Å². The van der Waals surface area contributed by atoms with E-state index in [1.165, 1.54) is 13.2 Å². The van der Waals surface area contributed by atoms with E-state index in [-0.39, 0.29) is 12.2 Å². The lowest BCUT2D eigenvalue weighted by Crippen LogP contribution is -2.20. The molecule has 0 radical (unpaired) electrons. The molecule has 0 aliphatic heterocycles. The Hall–Kier alpha value is -2.07. The Labute approximate surface area is 101 Å². The molecule has 0 saturated carbocycles. The topological polar surface area (TPSA) is 62.1 Å². The van der Waals surface area contributed by atoms with Gasteiger partial charge >= 0.3 is 6.18 Å². The van der Waals surface area contributed by atoms with Crippen molar-refractivity contribution in [3.8, 4) is 6.07 Å². The van der Waals surface area contributed by atoms with Crippen LogP contribution in [0.5, 0.6) is 0 Å². The number of amides is 1. The Morgan fingerprint density at radius 3 is 2.67 bits per heavy atom. The minimum atomic E-state index is -4.65. The largest absolute Gasteiger partial charge is 0.418 e. The number of rotatable bonds is 3. The fraction of sp³-hybridized carbons (Fsp3) is 0.273. The number of nitriles is 1. The molecule has 1 rings (SSSR count). The van der Waals surface area contributed by atoms with Gasteiger partial charge in [-0.25, -0.2) is 0 Å². The molecule has 0 aliphatic rings. The monoisotopic (exact) mass is 258 g/mol. The lowest BCUT2D eigenvalue weighted by atomic mass is 10.1. The number of alkyl halides is 3. The second-order valence-corrected chi connectivity index (χ2v) is 3.35. The van der Waals surface area contributed by atoms with E-state index in [0.29, 0.717) is 6.07 Å². The van der Waals surface area contributed by atoms with Crippen LogP contribution in [0.4, 0.5) is 18.9 Å². The van der Waals surface area contributed by atoms with E-state index in [0.717, 1.165) is 6.07 Å². The molecular formula is C11H9F3N2O2. The maximum absolute atomic E-state index is 12.7. The molecule has 0 aromatic heterocycles. The molecule has 0 unspecified atom stereocenters. The predicted octanol–water partition coefficient (Wildman–Crippen LogP) is 2.16. The van der Waals surface area contributed by atoms with Crippen LogP contribution in [0.1, 0.15) is 11.1 Å². The van der Waals surface area contributed by atoms with Crippen LogP contribution in [0, 0.1) is 11.3 Å². The van der Waals surface area contributed by atoms with Crippen molar-refractivity contribution >= 4 is 11.6 Å². The summed E-state index contributed by atoms with van der Waals surface area (Å²) in [5.74, 6) is -0.701. The fourth-order valence-electron chi connectivity index (χ4n) is 1.27. The number of ether oxygens (including phenoxy) is 1. The molecule has 1 N–H and O–H groups in total. The van der Waals surface area contributed by atoms with Crippen LogP contribution < -0.4 is 5.32 Å². The molecule has 0 fully saturated rings. The van der Waals surface area contributed by atoms with E-state index in [1.807, 2.05) is 0 Å². The first-order valence-corrected chi connectivity index (χ1v) is 4.78. The van der Waals surface area contributed by atoms with Crippen LogP contribution in [-0.4, -0.2) is 19.6 Å². The zero-order valence-electron chi connectivity index (χ0n) is 9.34. The summed E-state index contributed by atoms with van der Waals surface area (Å²) >= 11 is 0. The predicted molar refractivity (Wildman–Crippen MR) is 56.7 cm³/mol. The van der Waals surface area contributed by atoms with Crippen LogP contribution in [-0.2, 0) is 15.7 Å². The number of methoxy groups -OCH3 is 1. The summed E-state index contributed by atoms with van der Waals surface area (Å²) in [4.78, 5) is 11.2. The highest BCUT2D eigenvalue weighted by Gasteiger charge is 2.34. The third kappa shape index (κ3) is 3.46. The van der Waals surface area contributed by atoms with Crippen molar-refractivity contribution in [2.75, 3.05) is 19.0 Å². The first-order valence-electron chi connectivity index (χ1n) is 4.78. The normalized spacial score (nSPS) is 10.8. The number of carbonyl (C=O) groups is 1. The average molecular weight is 258 g/mol. The molecular weight excluding hydrogens is 249 g/mol. The number of hydrogen-bond acceptors (Lipinski definition) is 3. The summed E-state index contributed by atoms with van der Waals surface area (Å²) in [5, 5.41) is 10.6. The van der Waals surface area contributed by atoms with E-state index >= 15 is 0 Å². The fourth-order valence-corrected chi connectivity index (χ4v) is 1.27. The number of carbonyl (C=O) groups excluding carboxylic acids is 1. The van der Waals surface area contributed by atoms with E-state index in [4.69, 9.17) is 5.26 Å². The first kappa shape index (κ1) is 14.0. The molecule has 0 saturated heterocycles. The molecule has 0 atom stereocenters.